The largest absolute Gasteiger partial charge is 0.496 e. The van der Waals surface area contributed by atoms with Crippen LogP contribution in [0.5, 0.6) is 5.75 Å². The molecule has 0 bridgehead atoms. The number of aromatic carboxylic acids is 1. The van der Waals surface area contributed by atoms with Crippen LogP contribution in [-0.4, -0.2) is 68.0 Å². The summed E-state index contributed by atoms with van der Waals surface area (Å²) in [7, 11) is 5.75. The molecule has 1 fully saturated rings. The quantitative estimate of drug-likeness (QED) is 0.309. The minimum absolute atomic E-state index is 0.0217. The number of piperidine rings is 1. The maximum Gasteiger partial charge on any atom is 0.411 e. The van der Waals surface area contributed by atoms with E-state index in [2.05, 4.69) is 24.7 Å². The van der Waals surface area contributed by atoms with Crippen LogP contribution >= 0.6 is 0 Å². The number of carboxylic acids is 1. The molecule has 2 amide bonds. The predicted octanol–water partition coefficient (Wildman–Crippen LogP) is 5.42. The van der Waals surface area contributed by atoms with Gasteiger partial charge < -0.3 is 24.4 Å². The number of carbonyl (C=O) groups is 3. The molecule has 0 atom stereocenters. The average Bonchev–Trinajstić information content (AvgIpc) is 2.94. The fourth-order valence-corrected chi connectivity index (χ4v) is 4.79. The van der Waals surface area contributed by atoms with E-state index in [1.165, 1.54) is 25.3 Å². The zero-order valence-electron chi connectivity index (χ0n) is 23.1. The summed E-state index contributed by atoms with van der Waals surface area (Å²) in [5.41, 5.74) is 3.82. The van der Waals surface area contributed by atoms with Gasteiger partial charge in [-0.25, -0.2) is 9.59 Å². The maximum atomic E-state index is 12.8. The number of amides is 2. The number of aryl methyl sites for hydroxylation is 1. The van der Waals surface area contributed by atoms with Crippen molar-refractivity contribution in [2.75, 3.05) is 44.9 Å². The number of nitrogens with one attached hydrogen (secondary N) is 2. The van der Waals surface area contributed by atoms with Gasteiger partial charge in [-0.15, -0.1) is 0 Å². The number of hydrogen-bond acceptors (Lipinski definition) is 5. The lowest BCUT2D eigenvalue weighted by molar-refractivity contribution is -0.896. The van der Waals surface area contributed by atoms with Gasteiger partial charge >= 0.3 is 12.1 Å². The van der Waals surface area contributed by atoms with E-state index in [-0.39, 0.29) is 29.7 Å². The van der Waals surface area contributed by atoms with Crippen LogP contribution in [0.25, 0.3) is 11.1 Å². The van der Waals surface area contributed by atoms with Gasteiger partial charge in [-0.2, -0.15) is 0 Å². The van der Waals surface area contributed by atoms with Crippen molar-refractivity contribution in [2.24, 2.45) is 0 Å². The number of nitrogens with zero attached hydrogens (tertiary/aromatic N) is 1. The summed E-state index contributed by atoms with van der Waals surface area (Å²) in [5, 5.41) is 15.0. The summed E-state index contributed by atoms with van der Waals surface area (Å²) in [6.45, 7) is 1.94. The molecule has 1 aliphatic heterocycles. The number of likely N-dealkylation sites (tertiary alicyclic amines) is 1. The van der Waals surface area contributed by atoms with Gasteiger partial charge in [0.25, 0.3) is 0 Å². The van der Waals surface area contributed by atoms with Crippen molar-refractivity contribution in [1.82, 2.24) is 0 Å². The molecule has 210 valence electrons. The number of benzene rings is 3. The lowest BCUT2D eigenvalue weighted by Crippen LogP contribution is -2.48. The zero-order chi connectivity index (χ0) is 28.7. The molecule has 0 aliphatic carbocycles. The fourth-order valence-electron chi connectivity index (χ4n) is 4.79. The summed E-state index contributed by atoms with van der Waals surface area (Å²) in [4.78, 5) is 36.7. The Hall–Kier alpha value is -4.37. The Balaban J connectivity index is 1.42. The third-order valence-electron chi connectivity index (χ3n) is 7.15. The van der Waals surface area contributed by atoms with Gasteiger partial charge in [-0.05, 0) is 41.8 Å². The Bertz CT molecular complexity index is 1360. The van der Waals surface area contributed by atoms with Gasteiger partial charge in [0.2, 0.25) is 5.91 Å². The van der Waals surface area contributed by atoms with Gasteiger partial charge in [0.05, 0.1) is 40.0 Å². The highest BCUT2D eigenvalue weighted by Gasteiger charge is 2.28. The van der Waals surface area contributed by atoms with Crippen LogP contribution in [0.1, 0.15) is 35.2 Å². The van der Waals surface area contributed by atoms with Crippen LogP contribution in [0, 0.1) is 0 Å². The number of hydrogen-bond donors (Lipinski definition) is 3. The Kier molecular flexibility index (Phi) is 9.06. The van der Waals surface area contributed by atoms with Crippen LogP contribution in [-0.2, 0) is 16.0 Å². The van der Waals surface area contributed by atoms with Crippen molar-refractivity contribution in [3.63, 3.8) is 0 Å². The van der Waals surface area contributed by atoms with Crippen LogP contribution < -0.4 is 15.4 Å². The topological polar surface area (TPSA) is 114 Å². The highest BCUT2D eigenvalue weighted by Crippen LogP contribution is 2.30. The molecule has 0 radical (unpaired) electrons. The van der Waals surface area contributed by atoms with Crippen molar-refractivity contribution in [3.05, 3.63) is 77.9 Å². The number of carboxylic acid groups (broad SMARTS) is 1. The van der Waals surface area contributed by atoms with Crippen molar-refractivity contribution in [2.45, 2.75) is 31.8 Å². The maximum absolute atomic E-state index is 12.8. The predicted molar refractivity (Wildman–Crippen MR) is 154 cm³/mol. The molecular formula is C31H36N3O6+. The molecule has 0 spiro atoms. The Morgan fingerprint density at radius 2 is 1.68 bits per heavy atom. The Morgan fingerprint density at radius 3 is 2.35 bits per heavy atom. The molecule has 3 N–H and O–H groups in total. The standard InChI is InChI=1S/C31H35N3O6/c1-34(2)17-15-24(16-18-34)40-31(38)33-27-13-9-21(19-26(27)22-7-5-4-6-8-22)10-14-29(35)32-23-11-12-25(30(36)37)28(20-23)39-3/h4-9,11-13,19-20,24H,10,14-18H2,1-3H3,(H2-,32,33,35,36,37,38)/p+1. The number of rotatable bonds is 9. The molecule has 1 saturated heterocycles. The van der Waals surface area contributed by atoms with Crippen LogP contribution in [0.15, 0.2) is 66.7 Å². The third kappa shape index (κ3) is 7.60. The summed E-state index contributed by atoms with van der Waals surface area (Å²) >= 11 is 0. The smallest absolute Gasteiger partial charge is 0.411 e. The summed E-state index contributed by atoms with van der Waals surface area (Å²) in [6.07, 6.45) is 1.79. The average molecular weight is 547 g/mol. The Morgan fingerprint density at radius 1 is 0.950 bits per heavy atom. The number of quaternary nitrogens is 1. The summed E-state index contributed by atoms with van der Waals surface area (Å²) < 4.78 is 11.8. The minimum atomic E-state index is -1.10. The van der Waals surface area contributed by atoms with Gasteiger partial charge in [-0.3, -0.25) is 10.1 Å². The van der Waals surface area contributed by atoms with Crippen LogP contribution in [0.4, 0.5) is 16.2 Å². The first kappa shape index (κ1) is 28.6. The molecule has 0 aromatic heterocycles. The van der Waals surface area contributed by atoms with E-state index in [9.17, 15) is 19.5 Å². The highest BCUT2D eigenvalue weighted by molar-refractivity contribution is 5.95. The van der Waals surface area contributed by atoms with E-state index in [1.54, 1.807) is 0 Å². The van der Waals surface area contributed by atoms with E-state index in [4.69, 9.17) is 9.47 Å². The number of anilines is 2. The van der Waals surface area contributed by atoms with Crippen molar-refractivity contribution < 1.29 is 33.4 Å². The second kappa shape index (κ2) is 12.7. The van der Waals surface area contributed by atoms with Crippen molar-refractivity contribution >= 4 is 29.3 Å². The first-order chi connectivity index (χ1) is 19.1. The van der Waals surface area contributed by atoms with Gasteiger partial charge in [0, 0.05) is 36.6 Å². The molecule has 3 aromatic carbocycles. The molecule has 9 heteroatoms. The zero-order valence-corrected chi connectivity index (χ0v) is 23.1. The van der Waals surface area contributed by atoms with E-state index >= 15 is 0 Å². The monoisotopic (exact) mass is 546 g/mol. The normalized spacial score (nSPS) is 14.7. The first-order valence-electron chi connectivity index (χ1n) is 13.3. The second-order valence-corrected chi connectivity index (χ2v) is 10.6. The van der Waals surface area contributed by atoms with Crippen molar-refractivity contribution in [3.8, 4) is 16.9 Å². The lowest BCUT2D eigenvalue weighted by atomic mass is 9.99. The van der Waals surface area contributed by atoms with E-state index in [1.807, 2.05) is 48.5 Å². The molecule has 1 heterocycles. The number of ether oxygens (including phenoxy) is 2. The Labute approximate surface area is 234 Å². The first-order valence-corrected chi connectivity index (χ1v) is 13.3. The summed E-state index contributed by atoms with van der Waals surface area (Å²) in [5.74, 6) is -1.15. The summed E-state index contributed by atoms with van der Waals surface area (Å²) in [6, 6.07) is 19.9. The third-order valence-corrected chi connectivity index (χ3v) is 7.15. The molecule has 3 aromatic rings. The van der Waals surface area contributed by atoms with Gasteiger partial charge in [0.1, 0.15) is 17.4 Å². The highest BCUT2D eigenvalue weighted by atomic mass is 16.6. The molecule has 1 aliphatic rings. The van der Waals surface area contributed by atoms with Crippen LogP contribution in [0.2, 0.25) is 0 Å². The molecule has 9 nitrogen and oxygen atoms in total. The number of carbonyl (C=O) groups excluding carboxylic acids is 2. The molecule has 0 saturated carbocycles. The van der Waals surface area contributed by atoms with E-state index in [0.29, 0.717) is 17.8 Å². The SMILES string of the molecule is COc1cc(NC(=O)CCc2ccc(NC(=O)OC3CC[N+](C)(C)CC3)c(-c3ccccc3)c2)ccc1C(=O)O. The van der Waals surface area contributed by atoms with E-state index < -0.39 is 12.1 Å². The van der Waals surface area contributed by atoms with Gasteiger partial charge in [0.15, 0.2) is 0 Å². The molecular weight excluding hydrogens is 510 g/mol. The van der Waals surface area contributed by atoms with Gasteiger partial charge in [-0.1, -0.05) is 36.4 Å². The van der Waals surface area contributed by atoms with Crippen molar-refractivity contribution in [1.29, 1.82) is 0 Å². The molecule has 0 unspecified atom stereocenters. The lowest BCUT2D eigenvalue weighted by Gasteiger charge is -2.36. The fraction of sp³-hybridized carbons (Fsp3) is 0.323. The molecule has 40 heavy (non-hydrogen) atoms. The minimum Gasteiger partial charge on any atom is -0.496 e. The second-order valence-electron chi connectivity index (χ2n) is 10.6. The van der Waals surface area contributed by atoms with Crippen LogP contribution in [0.3, 0.4) is 0 Å². The van der Waals surface area contributed by atoms with E-state index in [0.717, 1.165) is 47.1 Å². The number of methoxy groups -OCH3 is 1. The molecule has 4 rings (SSSR count).